The van der Waals surface area contributed by atoms with Gasteiger partial charge in [-0.3, -0.25) is 0 Å². The second-order valence-electron chi connectivity index (χ2n) is 8.84. The van der Waals surface area contributed by atoms with E-state index in [1.54, 1.807) is 0 Å². The van der Waals surface area contributed by atoms with Crippen LogP contribution in [0.15, 0.2) is 121 Å². The summed E-state index contributed by atoms with van der Waals surface area (Å²) >= 11 is 0. The van der Waals surface area contributed by atoms with E-state index in [2.05, 4.69) is 119 Å². The molecule has 0 amide bonds. The standard InChI is InChI=1S/C33H32N2/c1-34-25-11-3-6-23-33(31-22-12-16-26-14-7-9-20-29(26)31)35(28-18-4-2-5-19-28)32-24-13-17-27-15-8-10-21-30(27)32/h3-4,6-8,10-19,21-25,34H,2,5,9,20H2,1H3/b6-3-,25-11+,33-23+. The molecule has 0 aromatic heterocycles. The number of rotatable bonds is 7. The van der Waals surface area contributed by atoms with Crippen LogP contribution in [-0.2, 0) is 6.42 Å². The maximum atomic E-state index is 3.06. The predicted octanol–water partition coefficient (Wildman–Crippen LogP) is 8.17. The first-order valence-electron chi connectivity index (χ1n) is 12.5. The number of benzene rings is 3. The number of nitrogens with zero attached hydrogens (tertiary/aromatic N) is 1. The van der Waals surface area contributed by atoms with Crippen LogP contribution in [0, 0.1) is 0 Å². The molecule has 35 heavy (non-hydrogen) atoms. The molecule has 2 heteroatoms. The minimum Gasteiger partial charge on any atom is -0.394 e. The minimum absolute atomic E-state index is 1.05. The van der Waals surface area contributed by atoms with Gasteiger partial charge in [-0.1, -0.05) is 91.1 Å². The SMILES string of the molecule is CN/C=C/C=C\C=C(/c1cccc2c1CCC=C2)N(C1=CCCC=C1)c1cccc2ccccc12. The summed E-state index contributed by atoms with van der Waals surface area (Å²) in [7, 11) is 1.92. The highest BCUT2D eigenvalue weighted by Crippen LogP contribution is 2.39. The Hall–Kier alpha value is -4.04. The summed E-state index contributed by atoms with van der Waals surface area (Å²) in [5.74, 6) is 0. The molecule has 0 bridgehead atoms. The lowest BCUT2D eigenvalue weighted by molar-refractivity contribution is 0.973. The lowest BCUT2D eigenvalue weighted by Gasteiger charge is -2.32. The molecular weight excluding hydrogens is 424 g/mol. The van der Waals surface area contributed by atoms with Crippen LogP contribution >= 0.6 is 0 Å². The van der Waals surface area contributed by atoms with Gasteiger partial charge in [0.1, 0.15) is 0 Å². The quantitative estimate of drug-likeness (QED) is 0.361. The van der Waals surface area contributed by atoms with E-state index in [0.717, 1.165) is 25.7 Å². The molecule has 0 unspecified atom stereocenters. The van der Waals surface area contributed by atoms with Gasteiger partial charge in [0.15, 0.2) is 0 Å². The first-order chi connectivity index (χ1) is 17.4. The zero-order chi connectivity index (χ0) is 23.9. The first-order valence-corrected chi connectivity index (χ1v) is 12.5. The lowest BCUT2D eigenvalue weighted by atomic mass is 9.90. The van der Waals surface area contributed by atoms with Gasteiger partial charge in [0.25, 0.3) is 0 Å². The van der Waals surface area contributed by atoms with Crippen molar-refractivity contribution in [1.82, 2.24) is 5.32 Å². The smallest absolute Gasteiger partial charge is 0.0540 e. The Bertz CT molecular complexity index is 1380. The Balaban J connectivity index is 1.75. The van der Waals surface area contributed by atoms with Crippen LogP contribution < -0.4 is 10.2 Å². The van der Waals surface area contributed by atoms with Crippen LogP contribution in [0.1, 0.15) is 36.0 Å². The summed E-state index contributed by atoms with van der Waals surface area (Å²) in [6.07, 6.45) is 26.2. The van der Waals surface area contributed by atoms with Gasteiger partial charge >= 0.3 is 0 Å². The average molecular weight is 457 g/mol. The lowest BCUT2D eigenvalue weighted by Crippen LogP contribution is -2.22. The molecule has 0 radical (unpaired) electrons. The molecule has 0 aliphatic heterocycles. The summed E-state index contributed by atoms with van der Waals surface area (Å²) in [4.78, 5) is 2.46. The molecule has 174 valence electrons. The Morgan fingerprint density at radius 1 is 0.829 bits per heavy atom. The molecule has 2 nitrogen and oxygen atoms in total. The van der Waals surface area contributed by atoms with E-state index in [9.17, 15) is 0 Å². The van der Waals surface area contributed by atoms with Crippen molar-refractivity contribution in [1.29, 1.82) is 0 Å². The van der Waals surface area contributed by atoms with Crippen molar-refractivity contribution in [3.8, 4) is 0 Å². The van der Waals surface area contributed by atoms with Gasteiger partial charge in [-0.05, 0) is 72.7 Å². The summed E-state index contributed by atoms with van der Waals surface area (Å²) < 4.78 is 0. The van der Waals surface area contributed by atoms with Crippen molar-refractivity contribution in [3.63, 3.8) is 0 Å². The zero-order valence-electron chi connectivity index (χ0n) is 20.3. The van der Waals surface area contributed by atoms with Crippen LogP contribution in [0.3, 0.4) is 0 Å². The van der Waals surface area contributed by atoms with Crippen LogP contribution in [0.5, 0.6) is 0 Å². The second kappa shape index (κ2) is 10.9. The maximum Gasteiger partial charge on any atom is 0.0540 e. The fourth-order valence-electron chi connectivity index (χ4n) is 4.94. The fraction of sp³-hybridized carbons (Fsp3) is 0.152. The molecule has 2 aliphatic rings. The molecule has 0 heterocycles. The third kappa shape index (κ3) is 4.93. The Kier molecular flexibility index (Phi) is 7.10. The van der Waals surface area contributed by atoms with Crippen LogP contribution in [0.4, 0.5) is 5.69 Å². The van der Waals surface area contributed by atoms with E-state index in [4.69, 9.17) is 0 Å². The average Bonchev–Trinajstić information content (AvgIpc) is 2.92. The number of anilines is 1. The van der Waals surface area contributed by atoms with Gasteiger partial charge in [-0.15, -0.1) is 0 Å². The maximum absolute atomic E-state index is 3.06. The highest BCUT2D eigenvalue weighted by Gasteiger charge is 2.22. The van der Waals surface area contributed by atoms with Crippen LogP contribution in [-0.4, -0.2) is 7.05 Å². The summed E-state index contributed by atoms with van der Waals surface area (Å²) in [5.41, 5.74) is 7.66. The van der Waals surface area contributed by atoms with Crippen molar-refractivity contribution in [2.45, 2.75) is 25.7 Å². The van der Waals surface area contributed by atoms with Gasteiger partial charge < -0.3 is 10.2 Å². The Morgan fingerprint density at radius 3 is 2.57 bits per heavy atom. The van der Waals surface area contributed by atoms with E-state index in [-0.39, 0.29) is 0 Å². The van der Waals surface area contributed by atoms with Crippen molar-refractivity contribution in [3.05, 3.63) is 138 Å². The predicted molar refractivity (Wildman–Crippen MR) is 152 cm³/mol. The molecule has 2 aliphatic carbocycles. The Labute approximate surface area is 209 Å². The summed E-state index contributed by atoms with van der Waals surface area (Å²) in [5, 5.41) is 5.56. The monoisotopic (exact) mass is 456 g/mol. The van der Waals surface area contributed by atoms with Crippen molar-refractivity contribution < 1.29 is 0 Å². The number of fused-ring (bicyclic) bond motifs is 2. The van der Waals surface area contributed by atoms with Gasteiger partial charge in [-0.2, -0.15) is 0 Å². The number of hydrogen-bond acceptors (Lipinski definition) is 2. The second-order valence-corrected chi connectivity index (χ2v) is 8.84. The molecule has 0 atom stereocenters. The molecule has 3 aromatic carbocycles. The van der Waals surface area contributed by atoms with E-state index < -0.39 is 0 Å². The van der Waals surface area contributed by atoms with E-state index in [1.165, 1.54) is 44.5 Å². The van der Waals surface area contributed by atoms with Crippen molar-refractivity contribution in [2.75, 3.05) is 11.9 Å². The van der Waals surface area contributed by atoms with Gasteiger partial charge in [0.05, 0.1) is 11.4 Å². The largest absolute Gasteiger partial charge is 0.394 e. The molecule has 1 N–H and O–H groups in total. The van der Waals surface area contributed by atoms with Gasteiger partial charge in [0.2, 0.25) is 0 Å². The molecule has 0 saturated heterocycles. The van der Waals surface area contributed by atoms with Gasteiger partial charge in [-0.25, -0.2) is 0 Å². The van der Waals surface area contributed by atoms with E-state index >= 15 is 0 Å². The molecule has 0 spiro atoms. The van der Waals surface area contributed by atoms with Crippen molar-refractivity contribution in [2.24, 2.45) is 0 Å². The number of hydrogen-bond donors (Lipinski definition) is 1. The van der Waals surface area contributed by atoms with E-state index in [1.807, 2.05) is 19.3 Å². The summed E-state index contributed by atoms with van der Waals surface area (Å²) in [6, 6.07) is 22.0. The fourth-order valence-corrected chi connectivity index (χ4v) is 4.94. The normalized spacial score (nSPS) is 15.6. The minimum atomic E-state index is 1.05. The zero-order valence-corrected chi connectivity index (χ0v) is 20.3. The highest BCUT2D eigenvalue weighted by molar-refractivity contribution is 6.00. The van der Waals surface area contributed by atoms with E-state index in [0.29, 0.717) is 0 Å². The topological polar surface area (TPSA) is 15.3 Å². The molecular formula is C33H32N2. The van der Waals surface area contributed by atoms with Crippen molar-refractivity contribution >= 4 is 28.2 Å². The number of allylic oxidation sites excluding steroid dienone is 8. The van der Waals surface area contributed by atoms with Crippen LogP contribution in [0.2, 0.25) is 0 Å². The summed E-state index contributed by atoms with van der Waals surface area (Å²) in [6.45, 7) is 0. The van der Waals surface area contributed by atoms with Crippen LogP contribution in [0.25, 0.3) is 22.5 Å². The molecule has 0 saturated carbocycles. The third-order valence-corrected chi connectivity index (χ3v) is 6.57. The van der Waals surface area contributed by atoms with Gasteiger partial charge in [0, 0.05) is 23.7 Å². The molecule has 3 aromatic rings. The Morgan fingerprint density at radius 2 is 1.69 bits per heavy atom. The highest BCUT2D eigenvalue weighted by atomic mass is 15.2. The third-order valence-electron chi connectivity index (χ3n) is 6.57. The molecule has 0 fully saturated rings. The first kappa shape index (κ1) is 22.7. The molecule has 5 rings (SSSR count). The number of nitrogens with one attached hydrogen (secondary N) is 1.